The van der Waals surface area contributed by atoms with Crippen LogP contribution in [0.15, 0.2) is 36.4 Å². The molecule has 2 aromatic rings. The van der Waals surface area contributed by atoms with Crippen LogP contribution in [0.5, 0.6) is 0 Å². The van der Waals surface area contributed by atoms with Gasteiger partial charge in [0.2, 0.25) is 0 Å². The first-order valence-electron chi connectivity index (χ1n) is 7.59. The molecule has 8 heteroatoms. The third kappa shape index (κ3) is 2.84. The molecule has 1 saturated heterocycles. The summed E-state index contributed by atoms with van der Waals surface area (Å²) in [4.78, 5) is 0. The van der Waals surface area contributed by atoms with Crippen LogP contribution in [0.1, 0.15) is 33.4 Å². The summed E-state index contributed by atoms with van der Waals surface area (Å²) in [5, 5.41) is 4.11. The summed E-state index contributed by atoms with van der Waals surface area (Å²) < 4.78 is 52.7. The molecule has 0 unspecified atom stereocenters. The lowest BCUT2D eigenvalue weighted by atomic mass is 9.85. The SMILES string of the molecule is CC1(C)OB(c2cc(C(F)(F)F)n(-c3ccccc3)n2)OC1(C)C. The highest BCUT2D eigenvalue weighted by Gasteiger charge is 2.53. The monoisotopic (exact) mass is 338 g/mol. The third-order valence-electron chi connectivity index (χ3n) is 4.51. The number of para-hydroxylation sites is 1. The van der Waals surface area contributed by atoms with Gasteiger partial charge in [-0.2, -0.15) is 18.3 Å². The van der Waals surface area contributed by atoms with Gasteiger partial charge in [0.25, 0.3) is 0 Å². The zero-order valence-electron chi connectivity index (χ0n) is 13.9. The van der Waals surface area contributed by atoms with E-state index in [1.165, 1.54) is 0 Å². The molecule has 0 saturated carbocycles. The quantitative estimate of drug-likeness (QED) is 0.789. The Morgan fingerprint density at radius 3 is 2.04 bits per heavy atom. The van der Waals surface area contributed by atoms with Crippen LogP contribution >= 0.6 is 0 Å². The molecule has 128 valence electrons. The molecule has 24 heavy (non-hydrogen) atoms. The molecule has 2 heterocycles. The van der Waals surface area contributed by atoms with Crippen LogP contribution in [-0.2, 0) is 15.5 Å². The van der Waals surface area contributed by atoms with Crippen LogP contribution in [-0.4, -0.2) is 28.1 Å². The van der Waals surface area contributed by atoms with Crippen molar-refractivity contribution in [1.29, 1.82) is 0 Å². The predicted octanol–water partition coefficient (Wildman–Crippen LogP) is 3.19. The third-order valence-corrected chi connectivity index (χ3v) is 4.51. The largest absolute Gasteiger partial charge is 0.516 e. The van der Waals surface area contributed by atoms with E-state index in [-0.39, 0.29) is 5.59 Å². The number of alkyl halides is 3. The molecule has 1 aliphatic rings. The van der Waals surface area contributed by atoms with Crippen LogP contribution in [0.3, 0.4) is 0 Å². The van der Waals surface area contributed by atoms with E-state index in [4.69, 9.17) is 9.31 Å². The Morgan fingerprint density at radius 1 is 1.00 bits per heavy atom. The molecule has 0 aliphatic carbocycles. The van der Waals surface area contributed by atoms with Gasteiger partial charge >= 0.3 is 13.3 Å². The zero-order valence-corrected chi connectivity index (χ0v) is 13.9. The fourth-order valence-corrected chi connectivity index (χ4v) is 2.45. The average molecular weight is 338 g/mol. The number of benzene rings is 1. The van der Waals surface area contributed by atoms with Gasteiger partial charge in [-0.3, -0.25) is 0 Å². The van der Waals surface area contributed by atoms with E-state index in [1.54, 1.807) is 30.3 Å². The molecule has 4 nitrogen and oxygen atoms in total. The van der Waals surface area contributed by atoms with Crippen molar-refractivity contribution in [2.24, 2.45) is 0 Å². The van der Waals surface area contributed by atoms with Gasteiger partial charge in [0.1, 0.15) is 5.69 Å². The van der Waals surface area contributed by atoms with Gasteiger partial charge in [0, 0.05) is 0 Å². The van der Waals surface area contributed by atoms with Gasteiger partial charge in [0.05, 0.1) is 22.5 Å². The summed E-state index contributed by atoms with van der Waals surface area (Å²) in [6, 6.07) is 9.16. The number of hydrogen-bond donors (Lipinski definition) is 0. The first-order chi connectivity index (χ1) is 11.0. The van der Waals surface area contributed by atoms with E-state index in [9.17, 15) is 13.2 Å². The number of halogens is 3. The van der Waals surface area contributed by atoms with Gasteiger partial charge < -0.3 is 9.31 Å². The maximum atomic E-state index is 13.4. The van der Waals surface area contributed by atoms with E-state index >= 15 is 0 Å². The minimum atomic E-state index is -4.54. The van der Waals surface area contributed by atoms with Gasteiger partial charge in [0.15, 0.2) is 0 Å². The Bertz CT molecular complexity index is 726. The Morgan fingerprint density at radius 2 is 1.54 bits per heavy atom. The minimum absolute atomic E-state index is 0.102. The molecule has 0 amide bonds. The standard InChI is InChI=1S/C16H18BF3N2O2/c1-14(2)15(3,4)24-17(23-14)13-10-12(16(18,19)20)22(21-13)11-8-6-5-7-9-11/h5-10H,1-4H3. The maximum absolute atomic E-state index is 13.4. The maximum Gasteiger partial charge on any atom is 0.516 e. The highest BCUT2D eigenvalue weighted by atomic mass is 19.4. The van der Waals surface area contributed by atoms with Crippen LogP contribution in [0.2, 0.25) is 0 Å². The summed E-state index contributed by atoms with van der Waals surface area (Å²) >= 11 is 0. The second kappa shape index (κ2) is 5.36. The highest BCUT2D eigenvalue weighted by Crippen LogP contribution is 2.37. The number of aromatic nitrogens is 2. The van der Waals surface area contributed by atoms with Crippen LogP contribution < -0.4 is 5.59 Å². The van der Waals surface area contributed by atoms with Crippen LogP contribution in [0.25, 0.3) is 5.69 Å². The van der Waals surface area contributed by atoms with Crippen molar-refractivity contribution in [2.45, 2.75) is 45.1 Å². The molecule has 1 aromatic heterocycles. The molecule has 0 bridgehead atoms. The second-order valence-corrected chi connectivity index (χ2v) is 6.79. The molecule has 1 aromatic carbocycles. The molecule has 1 fully saturated rings. The lowest BCUT2D eigenvalue weighted by Crippen LogP contribution is -2.41. The molecule has 1 aliphatic heterocycles. The topological polar surface area (TPSA) is 36.3 Å². The molecule has 0 spiro atoms. The fourth-order valence-electron chi connectivity index (χ4n) is 2.45. The van der Waals surface area contributed by atoms with Gasteiger partial charge in [-0.25, -0.2) is 4.68 Å². The first-order valence-corrected chi connectivity index (χ1v) is 7.59. The van der Waals surface area contributed by atoms with Gasteiger partial charge in [-0.15, -0.1) is 0 Å². The molecular formula is C16H18BF3N2O2. The van der Waals surface area contributed by atoms with Crippen molar-refractivity contribution in [2.75, 3.05) is 0 Å². The Hall–Kier alpha value is -1.80. The summed E-state index contributed by atoms with van der Waals surface area (Å²) in [6.07, 6.45) is -4.54. The smallest absolute Gasteiger partial charge is 0.398 e. The lowest BCUT2D eigenvalue weighted by Gasteiger charge is -2.32. The highest BCUT2D eigenvalue weighted by molar-refractivity contribution is 6.61. The summed E-state index contributed by atoms with van der Waals surface area (Å²) in [5.41, 5.74) is -1.73. The van der Waals surface area contributed by atoms with Crippen molar-refractivity contribution < 1.29 is 22.5 Å². The zero-order chi connectivity index (χ0) is 17.8. The second-order valence-electron chi connectivity index (χ2n) is 6.79. The number of rotatable bonds is 2. The van der Waals surface area contributed by atoms with Crippen LogP contribution in [0.4, 0.5) is 13.2 Å². The van der Waals surface area contributed by atoms with Crippen molar-refractivity contribution in [3.05, 3.63) is 42.1 Å². The van der Waals surface area contributed by atoms with Crippen molar-refractivity contribution in [1.82, 2.24) is 9.78 Å². The number of hydrogen-bond acceptors (Lipinski definition) is 3. The fraction of sp³-hybridized carbons (Fsp3) is 0.438. The van der Waals surface area contributed by atoms with Crippen molar-refractivity contribution in [3.8, 4) is 5.69 Å². The summed E-state index contributed by atoms with van der Waals surface area (Å²) in [5.74, 6) is 0. The van der Waals surface area contributed by atoms with E-state index in [1.807, 2.05) is 27.7 Å². The molecule has 0 atom stereocenters. The lowest BCUT2D eigenvalue weighted by molar-refractivity contribution is -0.142. The summed E-state index contributed by atoms with van der Waals surface area (Å²) in [7, 11) is -0.943. The van der Waals surface area contributed by atoms with E-state index < -0.39 is 30.2 Å². The summed E-state index contributed by atoms with van der Waals surface area (Å²) in [6.45, 7) is 7.36. The van der Waals surface area contributed by atoms with Gasteiger partial charge in [-0.05, 0) is 45.9 Å². The van der Waals surface area contributed by atoms with Crippen molar-refractivity contribution in [3.63, 3.8) is 0 Å². The molecule has 3 rings (SSSR count). The van der Waals surface area contributed by atoms with E-state index in [0.29, 0.717) is 5.69 Å². The molecule has 0 N–H and O–H groups in total. The van der Waals surface area contributed by atoms with E-state index in [0.717, 1.165) is 10.7 Å². The predicted molar refractivity (Wildman–Crippen MR) is 84.3 cm³/mol. The minimum Gasteiger partial charge on any atom is -0.398 e. The van der Waals surface area contributed by atoms with Crippen LogP contribution in [0, 0.1) is 0 Å². The van der Waals surface area contributed by atoms with Crippen molar-refractivity contribution >= 4 is 12.7 Å². The Kier molecular flexibility index (Phi) is 3.80. The average Bonchev–Trinajstić information content (AvgIpc) is 2.99. The first kappa shape index (κ1) is 17.0. The number of nitrogens with zero attached hydrogens (tertiary/aromatic N) is 2. The van der Waals surface area contributed by atoms with Gasteiger partial charge in [-0.1, -0.05) is 18.2 Å². The molecular weight excluding hydrogens is 320 g/mol. The Labute approximate surface area is 138 Å². The Balaban J connectivity index is 2.05. The molecule has 0 radical (unpaired) electrons. The van der Waals surface area contributed by atoms with E-state index in [2.05, 4.69) is 5.10 Å². The normalized spacial score (nSPS) is 19.7.